The van der Waals surface area contributed by atoms with Crippen LogP contribution in [0.15, 0.2) is 91.8 Å². The van der Waals surface area contributed by atoms with E-state index in [-0.39, 0.29) is 89.5 Å². The van der Waals surface area contributed by atoms with Gasteiger partial charge in [-0.3, -0.25) is 15.0 Å². The second-order valence-corrected chi connectivity index (χ2v) is 36.3. The highest BCUT2D eigenvalue weighted by molar-refractivity contribution is 6.31. The standard InChI is InChI=1S/C18H26ClN5O.C18H27N5O.C17H24ClN5O.C14H20FN5O.C14H21N5O.C13H19N5O/c1-4-5-6-8-18(3,9-7-12(2)25)24-16-15-14(22-17(20)23-16)10-13(19)11-21-15;1-4-5-6-10-18(3,11-9-13(2)24)23-16-15-14(8-7-12-20-15)21-17(19)22-16;1-4-5-7-17(3,8-6-11(2)24)23-15-14-13(21-16(19)22-15)9-12(18)10-20-14;1-3-4-5-14(2,8-21)20-12-11-10(18-13(16)19-12)6-9(15)7-17-11;1-3-4-7-14(2,9-20)19-12-11-10(6-5-8-16-11)17-13(15)18-12;1-3-6-13(2,8-19)18-11-10-9(5-4-7-15-10)16-12(14)17-11/h10-11H,4-9H2,1-3H3,(H3,20,22,23,24);7-8,12H,4-6,9-11H2,1-3H3,(H3,19,21,22,23);9-10H,4-8H2,1-3H3,(H3,19,21,22,23);6-7,21H,3-5,8H2,1-2H3,(H3,16,18,19,20);5-6,8,20H,3-4,7,9H2,1-2H3,(H3,15,17,18,19);4-5,7,19H,3,6,8H2,1-2H3,(H3,14,16,17,18)/t2*18-;17-;2*14-;13-/m110001/s1. The summed E-state index contributed by atoms with van der Waals surface area (Å²) in [5.41, 5.74) is 39.8. The first-order valence-corrected chi connectivity index (χ1v) is 46.4. The molecule has 133 heavy (non-hydrogen) atoms. The highest BCUT2D eigenvalue weighted by Gasteiger charge is 2.32. The van der Waals surface area contributed by atoms with Crippen molar-refractivity contribution in [3.8, 4) is 0 Å². The number of Topliss-reactive ketones (excluding diaryl/α,β-unsaturated/α-hetero) is 3. The summed E-state index contributed by atoms with van der Waals surface area (Å²) in [6, 6.07) is 15.7. The quantitative estimate of drug-likeness (QED) is 0.0158. The van der Waals surface area contributed by atoms with Crippen molar-refractivity contribution in [2.75, 3.05) is 86.1 Å². The van der Waals surface area contributed by atoms with Gasteiger partial charge in [0.05, 0.1) is 85.8 Å². The molecule has 0 bridgehead atoms. The number of aliphatic hydroxyl groups is 3. The van der Waals surface area contributed by atoms with Crippen molar-refractivity contribution in [2.45, 2.75) is 298 Å². The van der Waals surface area contributed by atoms with Crippen molar-refractivity contribution >= 4 is 177 Å². The first kappa shape index (κ1) is 108. The summed E-state index contributed by atoms with van der Waals surface area (Å²) in [4.78, 5) is 110. The highest BCUT2D eigenvalue weighted by atomic mass is 35.5. The molecule has 0 amide bonds. The lowest BCUT2D eigenvalue weighted by molar-refractivity contribution is -0.118. The van der Waals surface area contributed by atoms with Gasteiger partial charge in [0.15, 0.2) is 34.9 Å². The fourth-order valence-electron chi connectivity index (χ4n) is 14.7. The average molecular weight is 1870 g/mol. The van der Waals surface area contributed by atoms with Gasteiger partial charge in [0.2, 0.25) is 35.7 Å². The summed E-state index contributed by atoms with van der Waals surface area (Å²) in [6.45, 7) is 29.8. The summed E-state index contributed by atoms with van der Waals surface area (Å²) >= 11 is 12.0. The minimum atomic E-state index is -0.542. The molecule has 12 rings (SSSR count). The van der Waals surface area contributed by atoms with Crippen LogP contribution in [0.25, 0.3) is 66.2 Å². The number of aromatic nitrogens is 18. The molecule has 36 nitrogen and oxygen atoms in total. The summed E-state index contributed by atoms with van der Waals surface area (Å²) < 4.78 is 13.2. The van der Waals surface area contributed by atoms with Crippen LogP contribution in [-0.2, 0) is 14.4 Å². The van der Waals surface area contributed by atoms with Crippen molar-refractivity contribution < 1.29 is 34.1 Å². The van der Waals surface area contributed by atoms with Crippen molar-refractivity contribution in [1.29, 1.82) is 0 Å². The van der Waals surface area contributed by atoms with Crippen LogP contribution in [0.1, 0.15) is 264 Å². The molecule has 39 heteroatoms. The molecule has 6 atom stereocenters. The highest BCUT2D eigenvalue weighted by Crippen LogP contribution is 2.36. The van der Waals surface area contributed by atoms with Crippen LogP contribution in [0, 0.1) is 5.82 Å². The minimum absolute atomic E-state index is 0.0130. The zero-order valence-corrected chi connectivity index (χ0v) is 81.2. The lowest BCUT2D eigenvalue weighted by Crippen LogP contribution is -2.39. The van der Waals surface area contributed by atoms with Gasteiger partial charge in [-0.2, -0.15) is 29.9 Å². The van der Waals surface area contributed by atoms with E-state index in [1.165, 1.54) is 12.5 Å². The maximum atomic E-state index is 13.2. The predicted octanol–water partition coefficient (Wildman–Crippen LogP) is 17.7. The molecule has 12 heterocycles. The van der Waals surface area contributed by atoms with Gasteiger partial charge in [-0.05, 0) is 169 Å². The third-order valence-corrected chi connectivity index (χ3v) is 22.8. The van der Waals surface area contributed by atoms with Crippen molar-refractivity contribution in [3.63, 3.8) is 0 Å². The Labute approximate surface area is 788 Å². The topological polar surface area (TPSA) is 572 Å². The number of pyridine rings is 6. The number of fused-ring (bicyclic) bond motifs is 6. The molecule has 0 fully saturated rings. The molecule has 0 spiro atoms. The molecule has 12 aromatic rings. The number of carbonyl (C=O) groups is 3. The second kappa shape index (κ2) is 51.8. The molecule has 0 aliphatic carbocycles. The number of anilines is 12. The van der Waals surface area contributed by atoms with Crippen molar-refractivity contribution in [1.82, 2.24) is 89.7 Å². The summed E-state index contributed by atoms with van der Waals surface area (Å²) in [5.74, 6) is 4.40. The van der Waals surface area contributed by atoms with E-state index in [4.69, 9.17) is 57.6 Å². The maximum Gasteiger partial charge on any atom is 0.222 e. The Morgan fingerprint density at radius 2 is 0.556 bits per heavy atom. The van der Waals surface area contributed by atoms with E-state index in [0.29, 0.717) is 125 Å². The first-order valence-electron chi connectivity index (χ1n) is 45.6. The molecule has 12 aromatic heterocycles. The van der Waals surface area contributed by atoms with Crippen LogP contribution in [0.5, 0.6) is 0 Å². The van der Waals surface area contributed by atoms with Crippen LogP contribution in [0.4, 0.5) is 75.0 Å². The van der Waals surface area contributed by atoms with Crippen molar-refractivity contribution in [3.05, 3.63) is 108 Å². The van der Waals surface area contributed by atoms with Gasteiger partial charge < -0.3 is 96.0 Å². The van der Waals surface area contributed by atoms with Crippen LogP contribution in [0.3, 0.4) is 0 Å². The molecule has 0 aromatic carbocycles. The molecule has 0 unspecified atom stereocenters. The number of halogens is 3. The smallest absolute Gasteiger partial charge is 0.222 e. The molecular formula is C94H137Cl2FN30O6. The average Bonchev–Trinajstić information content (AvgIpc) is 0.811. The van der Waals surface area contributed by atoms with E-state index in [1.54, 1.807) is 76.0 Å². The van der Waals surface area contributed by atoms with Crippen LogP contribution < -0.4 is 66.3 Å². The van der Waals surface area contributed by atoms with Crippen LogP contribution in [-0.4, -0.2) is 175 Å². The number of unbranched alkanes of at least 4 members (excludes halogenated alkanes) is 7. The zero-order chi connectivity index (χ0) is 97.7. The third-order valence-electron chi connectivity index (χ3n) is 22.3. The zero-order valence-electron chi connectivity index (χ0n) is 79.7. The fraction of sp³-hybridized carbons (Fsp3) is 0.521. The molecule has 0 saturated heterocycles. The number of hydrogen-bond acceptors (Lipinski definition) is 36. The van der Waals surface area contributed by atoms with Gasteiger partial charge in [0, 0.05) is 72.9 Å². The number of carbonyl (C=O) groups excluding carboxylic acids is 3. The number of nitrogens with one attached hydrogen (secondary N) is 6. The molecule has 21 N–H and O–H groups in total. The summed E-state index contributed by atoms with van der Waals surface area (Å²) in [5, 5.41) is 50.0. The molecule has 0 saturated carbocycles. The monoisotopic (exact) mass is 1870 g/mol. The Bertz CT molecular complexity index is 5770. The Morgan fingerprint density at radius 3 is 0.827 bits per heavy atom. The maximum absolute atomic E-state index is 13.2. The minimum Gasteiger partial charge on any atom is -0.394 e. The molecule has 0 aliphatic heterocycles. The normalized spacial score (nSPS) is 13.9. The van der Waals surface area contributed by atoms with Gasteiger partial charge in [-0.1, -0.05) is 148 Å². The lowest BCUT2D eigenvalue weighted by Gasteiger charge is -2.32. The second-order valence-electron chi connectivity index (χ2n) is 35.4. The SMILES string of the molecule is CCCCC[C@](C)(CCC(C)=O)Nc1nc(N)nc2cc(Cl)cnc12.CCCCC[C@](C)(CCC(C)=O)Nc1nc(N)nc2cccnc12.CCCC[C@@](C)(CCC(C)=O)Nc1nc(N)nc2cc(Cl)cnc12.CCCC[C@@](C)(CO)Nc1nc(N)nc2cc(F)cnc12.CCCC[C@@](C)(CO)Nc1nc(N)nc2cccnc12.CCC[C@](C)(CO)Nc1nc(N)nc2cccnc12. The van der Waals surface area contributed by atoms with Gasteiger partial charge in [0.25, 0.3) is 0 Å². The van der Waals surface area contributed by atoms with E-state index in [2.05, 4.69) is 184 Å². The Kier molecular flexibility index (Phi) is 42.1. The molecule has 0 aliphatic rings. The predicted molar refractivity (Wildman–Crippen MR) is 535 cm³/mol. The number of nitrogens with two attached hydrogens (primary N) is 6. The van der Waals surface area contributed by atoms with E-state index >= 15 is 0 Å². The Balaban J connectivity index is 0.000000218. The third kappa shape index (κ3) is 34.5. The lowest BCUT2D eigenvalue weighted by atomic mass is 9.88. The molecular weight excluding hydrogens is 1740 g/mol. The molecule has 720 valence electrons. The van der Waals surface area contributed by atoms with E-state index in [9.17, 15) is 34.1 Å². The molecule has 0 radical (unpaired) electrons. The van der Waals surface area contributed by atoms with E-state index in [1.807, 2.05) is 45.0 Å². The van der Waals surface area contributed by atoms with Gasteiger partial charge in [0.1, 0.15) is 56.3 Å². The fourth-order valence-corrected chi connectivity index (χ4v) is 15.0. The van der Waals surface area contributed by atoms with Crippen LogP contribution >= 0.6 is 23.2 Å². The van der Waals surface area contributed by atoms with Gasteiger partial charge in [-0.15, -0.1) is 0 Å². The van der Waals surface area contributed by atoms with Gasteiger partial charge >= 0.3 is 0 Å². The largest absolute Gasteiger partial charge is 0.394 e. The number of aliphatic hydroxyl groups excluding tert-OH is 3. The number of nitrogen functional groups attached to an aromatic ring is 6. The van der Waals surface area contributed by atoms with Crippen molar-refractivity contribution in [2.24, 2.45) is 0 Å². The number of ketones is 3. The van der Waals surface area contributed by atoms with E-state index < -0.39 is 22.4 Å². The number of hydrogen-bond donors (Lipinski definition) is 15. The van der Waals surface area contributed by atoms with Gasteiger partial charge in [-0.25, -0.2) is 49.2 Å². The Hall–Kier alpha value is -12.1. The summed E-state index contributed by atoms with van der Waals surface area (Å²) in [7, 11) is 0. The van der Waals surface area contributed by atoms with Crippen LogP contribution in [0.2, 0.25) is 10.0 Å². The van der Waals surface area contributed by atoms with E-state index in [0.717, 1.165) is 147 Å². The number of nitrogens with zero attached hydrogens (tertiary/aromatic N) is 18. The first-order chi connectivity index (χ1) is 63.2. The summed E-state index contributed by atoms with van der Waals surface area (Å²) in [6.07, 6.45) is 32.4. The Morgan fingerprint density at radius 1 is 0.316 bits per heavy atom. The number of rotatable bonds is 43.